The fourth-order valence-corrected chi connectivity index (χ4v) is 3.82. The molecule has 0 saturated heterocycles. The molecule has 7 nitrogen and oxygen atoms in total. The van der Waals surface area contributed by atoms with Crippen molar-refractivity contribution in [3.63, 3.8) is 0 Å². The van der Waals surface area contributed by atoms with Crippen LogP contribution in [-0.4, -0.2) is 43.8 Å². The minimum Gasteiger partial charge on any atom is -0.335 e. The van der Waals surface area contributed by atoms with Gasteiger partial charge >= 0.3 is 0 Å². The van der Waals surface area contributed by atoms with Gasteiger partial charge in [-0.05, 0) is 17.7 Å². The van der Waals surface area contributed by atoms with Gasteiger partial charge in [0, 0.05) is 12.0 Å². The zero-order valence-corrected chi connectivity index (χ0v) is 16.4. The summed E-state index contributed by atoms with van der Waals surface area (Å²) in [4.78, 5) is 12.5. The Bertz CT molecular complexity index is 1040. The Kier molecular flexibility index (Phi) is 5.31. The van der Waals surface area contributed by atoms with E-state index in [-0.39, 0.29) is 11.7 Å². The van der Waals surface area contributed by atoms with Crippen LogP contribution in [0.25, 0.3) is 11.4 Å². The molecule has 0 atom stereocenters. The molecule has 0 bridgehead atoms. The van der Waals surface area contributed by atoms with E-state index >= 15 is 0 Å². The summed E-state index contributed by atoms with van der Waals surface area (Å²) in [7, 11) is 0. The second-order valence-corrected chi connectivity index (χ2v) is 7.47. The molecule has 3 aromatic rings. The van der Waals surface area contributed by atoms with Crippen LogP contribution < -0.4 is 5.84 Å². The second-order valence-electron chi connectivity index (χ2n) is 6.12. The molecule has 1 aliphatic rings. The third-order valence-electron chi connectivity index (χ3n) is 4.30. The summed E-state index contributed by atoms with van der Waals surface area (Å²) < 4.78 is 1.35. The number of rotatable bonds is 5. The number of aromatic nitrogens is 3. The molecule has 142 valence electrons. The van der Waals surface area contributed by atoms with Crippen LogP contribution in [-0.2, 0) is 4.79 Å². The quantitative estimate of drug-likeness (QED) is 0.514. The monoisotopic (exact) mass is 412 g/mol. The number of amides is 1. The van der Waals surface area contributed by atoms with E-state index in [1.807, 2.05) is 48.5 Å². The number of carbonyl (C=O) groups is 1. The van der Waals surface area contributed by atoms with E-state index in [4.69, 9.17) is 17.4 Å². The molecule has 0 spiro atoms. The van der Waals surface area contributed by atoms with Gasteiger partial charge < -0.3 is 5.84 Å². The number of hydrogen-bond donors (Lipinski definition) is 1. The van der Waals surface area contributed by atoms with Gasteiger partial charge in [-0.3, -0.25) is 4.79 Å². The molecular weight excluding hydrogens is 396 g/mol. The maximum atomic E-state index is 12.5. The van der Waals surface area contributed by atoms with Crippen molar-refractivity contribution < 1.29 is 4.79 Å². The third kappa shape index (κ3) is 3.74. The van der Waals surface area contributed by atoms with Crippen molar-refractivity contribution in [1.29, 1.82) is 0 Å². The Balaban J connectivity index is 1.42. The van der Waals surface area contributed by atoms with E-state index in [1.165, 1.54) is 21.4 Å². The van der Waals surface area contributed by atoms with Crippen LogP contribution in [0.3, 0.4) is 0 Å². The first-order valence-corrected chi connectivity index (χ1v) is 10.0. The normalized spacial score (nSPS) is 13.6. The highest BCUT2D eigenvalue weighted by Crippen LogP contribution is 2.27. The van der Waals surface area contributed by atoms with Gasteiger partial charge in [-0.25, -0.2) is 9.69 Å². The number of hydrogen-bond acceptors (Lipinski definition) is 6. The number of nitrogen functional groups attached to an aromatic ring is 1. The minimum absolute atomic E-state index is 0.0989. The molecule has 0 radical (unpaired) electrons. The summed E-state index contributed by atoms with van der Waals surface area (Å²) in [5.74, 6) is 6.62. The van der Waals surface area contributed by atoms with Gasteiger partial charge in [-0.15, -0.1) is 10.2 Å². The molecule has 0 unspecified atom stereocenters. The van der Waals surface area contributed by atoms with Gasteiger partial charge in [0.15, 0.2) is 5.82 Å². The Morgan fingerprint density at radius 3 is 2.64 bits per heavy atom. The second kappa shape index (κ2) is 8.04. The summed E-state index contributed by atoms with van der Waals surface area (Å²) in [5.41, 5.74) is 2.65. The largest absolute Gasteiger partial charge is 0.335 e. The third-order valence-corrected chi connectivity index (χ3v) is 5.56. The standard InChI is InChI=1S/C19H17ClN6OS/c20-15-9-5-4-8-14(15)18-22-23-19(26(18)21)28-12-17(27)25-11-10-16(24-25)13-6-2-1-3-7-13/h1-9H,10-12,21H2. The molecule has 1 amide bonds. The van der Waals surface area contributed by atoms with Crippen LogP contribution in [0, 0.1) is 0 Å². The maximum absolute atomic E-state index is 12.5. The first kappa shape index (κ1) is 18.5. The molecule has 2 heterocycles. The van der Waals surface area contributed by atoms with Crippen molar-refractivity contribution >= 4 is 35.0 Å². The summed E-state index contributed by atoms with van der Waals surface area (Å²) in [6.07, 6.45) is 0.740. The lowest BCUT2D eigenvalue weighted by atomic mass is 10.1. The van der Waals surface area contributed by atoms with E-state index in [9.17, 15) is 4.79 Å². The number of nitrogens with two attached hydrogens (primary N) is 1. The van der Waals surface area contributed by atoms with Gasteiger partial charge in [-0.1, -0.05) is 65.8 Å². The zero-order valence-electron chi connectivity index (χ0n) is 14.8. The Morgan fingerprint density at radius 1 is 1.11 bits per heavy atom. The van der Waals surface area contributed by atoms with E-state index in [0.29, 0.717) is 28.1 Å². The summed E-state index contributed by atoms with van der Waals surface area (Å²) in [5, 5.41) is 15.1. The molecule has 2 N–H and O–H groups in total. The summed E-state index contributed by atoms with van der Waals surface area (Å²) in [6, 6.07) is 17.1. The van der Waals surface area contributed by atoms with Gasteiger partial charge in [-0.2, -0.15) is 5.10 Å². The van der Waals surface area contributed by atoms with Crippen LogP contribution in [0.2, 0.25) is 5.02 Å². The predicted octanol–water partition coefficient (Wildman–Crippen LogP) is 3.04. The van der Waals surface area contributed by atoms with Gasteiger partial charge in [0.1, 0.15) is 0 Å². The fraction of sp³-hybridized carbons (Fsp3) is 0.158. The molecule has 0 saturated carbocycles. The van der Waals surface area contributed by atoms with Crippen LogP contribution in [0.4, 0.5) is 0 Å². The summed E-state index contributed by atoms with van der Waals surface area (Å²) >= 11 is 7.42. The molecule has 9 heteroatoms. The predicted molar refractivity (Wildman–Crippen MR) is 111 cm³/mol. The number of hydrazone groups is 1. The summed E-state index contributed by atoms with van der Waals surface area (Å²) in [6.45, 7) is 0.573. The van der Waals surface area contributed by atoms with Crippen molar-refractivity contribution in [3.05, 3.63) is 65.2 Å². The molecule has 2 aromatic carbocycles. The smallest absolute Gasteiger partial charge is 0.253 e. The van der Waals surface area contributed by atoms with Crippen molar-refractivity contribution in [2.75, 3.05) is 18.1 Å². The van der Waals surface area contributed by atoms with E-state index in [1.54, 1.807) is 6.07 Å². The number of benzene rings is 2. The number of thioether (sulfide) groups is 1. The highest BCUT2D eigenvalue weighted by molar-refractivity contribution is 7.99. The van der Waals surface area contributed by atoms with Crippen LogP contribution in [0.15, 0.2) is 64.9 Å². The maximum Gasteiger partial charge on any atom is 0.253 e. The van der Waals surface area contributed by atoms with Gasteiger partial charge in [0.2, 0.25) is 5.16 Å². The minimum atomic E-state index is -0.0989. The highest BCUT2D eigenvalue weighted by Gasteiger charge is 2.23. The lowest BCUT2D eigenvalue weighted by molar-refractivity contribution is -0.127. The van der Waals surface area contributed by atoms with Crippen molar-refractivity contribution in [1.82, 2.24) is 19.9 Å². The number of halogens is 1. The Morgan fingerprint density at radius 2 is 1.86 bits per heavy atom. The van der Waals surface area contributed by atoms with E-state index < -0.39 is 0 Å². The van der Waals surface area contributed by atoms with Crippen molar-refractivity contribution in [3.8, 4) is 11.4 Å². The average Bonchev–Trinajstić information content (AvgIpc) is 3.35. The van der Waals surface area contributed by atoms with Crippen LogP contribution in [0.5, 0.6) is 0 Å². The topological polar surface area (TPSA) is 89.4 Å². The first-order valence-electron chi connectivity index (χ1n) is 8.65. The lowest BCUT2D eigenvalue weighted by Gasteiger charge is -2.10. The lowest BCUT2D eigenvalue weighted by Crippen LogP contribution is -2.25. The zero-order chi connectivity index (χ0) is 19.5. The SMILES string of the molecule is Nn1c(SCC(=O)N2CCC(c3ccccc3)=N2)nnc1-c1ccccc1Cl. The van der Waals surface area contributed by atoms with Gasteiger partial charge in [0.05, 0.1) is 23.0 Å². The first-order chi connectivity index (χ1) is 13.6. The highest BCUT2D eigenvalue weighted by atomic mass is 35.5. The number of carbonyl (C=O) groups excluding carboxylic acids is 1. The fourth-order valence-electron chi connectivity index (χ4n) is 2.87. The van der Waals surface area contributed by atoms with E-state index in [2.05, 4.69) is 15.3 Å². The molecular formula is C19H17ClN6OS. The van der Waals surface area contributed by atoms with E-state index in [0.717, 1.165) is 17.7 Å². The molecule has 4 rings (SSSR count). The molecule has 1 aliphatic heterocycles. The number of nitrogens with zero attached hydrogens (tertiary/aromatic N) is 5. The van der Waals surface area contributed by atoms with Crippen molar-refractivity contribution in [2.24, 2.45) is 5.10 Å². The Hall–Kier alpha value is -2.84. The van der Waals surface area contributed by atoms with Gasteiger partial charge in [0.25, 0.3) is 5.91 Å². The molecule has 28 heavy (non-hydrogen) atoms. The molecule has 1 aromatic heterocycles. The molecule has 0 fully saturated rings. The average molecular weight is 413 g/mol. The Labute approximate surface area is 171 Å². The van der Waals surface area contributed by atoms with Crippen LogP contribution >= 0.6 is 23.4 Å². The van der Waals surface area contributed by atoms with Crippen LogP contribution in [0.1, 0.15) is 12.0 Å². The molecule has 0 aliphatic carbocycles. The van der Waals surface area contributed by atoms with Crippen molar-refractivity contribution in [2.45, 2.75) is 11.6 Å².